The van der Waals surface area contributed by atoms with E-state index >= 15 is 0 Å². The van der Waals surface area contributed by atoms with E-state index in [0.29, 0.717) is 24.9 Å². The fraction of sp³-hybridized carbons (Fsp3) is 0.471. The second-order valence-corrected chi connectivity index (χ2v) is 6.80. The average molecular weight is 336 g/mol. The molecule has 1 aromatic carbocycles. The fourth-order valence-corrected chi connectivity index (χ4v) is 4.07. The Balaban J connectivity index is 1.47. The van der Waals surface area contributed by atoms with Gasteiger partial charge in [0.2, 0.25) is 0 Å². The van der Waals surface area contributed by atoms with E-state index in [1.807, 2.05) is 6.20 Å². The van der Waals surface area contributed by atoms with Crippen LogP contribution in [0, 0.1) is 17.5 Å². The molecule has 128 valence electrons. The van der Waals surface area contributed by atoms with Gasteiger partial charge in [0.25, 0.3) is 0 Å². The Labute approximate surface area is 137 Å². The number of benzene rings is 1. The van der Waals surface area contributed by atoms with Crippen LogP contribution in [0.1, 0.15) is 42.0 Å². The molecular formula is C17H19F3N4. The third-order valence-corrected chi connectivity index (χ3v) is 5.37. The maximum absolute atomic E-state index is 14.0. The number of aromatic nitrogens is 2. The average Bonchev–Trinajstić information content (AvgIpc) is 3.13. The summed E-state index contributed by atoms with van der Waals surface area (Å²) in [6.07, 6.45) is 4.07. The normalized spacial score (nSPS) is 27.4. The van der Waals surface area contributed by atoms with Crippen molar-refractivity contribution >= 4 is 0 Å². The van der Waals surface area contributed by atoms with Gasteiger partial charge in [0.15, 0.2) is 11.6 Å². The highest BCUT2D eigenvalue weighted by Crippen LogP contribution is 2.38. The highest BCUT2D eigenvalue weighted by atomic mass is 19.2. The zero-order chi connectivity index (χ0) is 16.8. The highest BCUT2D eigenvalue weighted by Gasteiger charge is 2.36. The SMILES string of the molecule is N[C@H]1C[C@@H](N2Cc3cn[nH]c3C2)CC[C@@H]1c1cc(F)c(F)cc1F. The van der Waals surface area contributed by atoms with E-state index in [0.717, 1.165) is 31.3 Å². The standard InChI is InChI=1S/C17H19F3N4/c18-13-5-15(20)14(19)4-12(13)11-2-1-10(3-16(11)21)24-7-9-6-22-23-17(9)8-24/h4-6,10-11,16H,1-3,7-8,21H2,(H,22,23)/t10-,11+,16-/m0/s1. The van der Waals surface area contributed by atoms with Crippen molar-refractivity contribution in [3.8, 4) is 0 Å². The Morgan fingerprint density at radius 3 is 2.62 bits per heavy atom. The number of nitrogens with one attached hydrogen (secondary N) is 1. The van der Waals surface area contributed by atoms with E-state index in [1.54, 1.807) is 0 Å². The van der Waals surface area contributed by atoms with E-state index < -0.39 is 17.5 Å². The second-order valence-electron chi connectivity index (χ2n) is 6.80. The first-order chi connectivity index (χ1) is 11.5. The van der Waals surface area contributed by atoms with E-state index in [4.69, 9.17) is 5.73 Å². The molecule has 0 bridgehead atoms. The Morgan fingerprint density at radius 2 is 1.88 bits per heavy atom. The molecule has 3 atom stereocenters. The minimum Gasteiger partial charge on any atom is -0.327 e. The van der Waals surface area contributed by atoms with Crippen LogP contribution in [0.4, 0.5) is 13.2 Å². The highest BCUT2D eigenvalue weighted by molar-refractivity contribution is 5.27. The number of aromatic amines is 1. The van der Waals surface area contributed by atoms with Gasteiger partial charge in [-0.25, -0.2) is 13.2 Å². The molecule has 2 aliphatic rings. The molecule has 1 aromatic heterocycles. The molecule has 4 nitrogen and oxygen atoms in total. The van der Waals surface area contributed by atoms with Crippen LogP contribution in [0.5, 0.6) is 0 Å². The van der Waals surface area contributed by atoms with Crippen LogP contribution in [0.15, 0.2) is 18.3 Å². The summed E-state index contributed by atoms with van der Waals surface area (Å²) in [7, 11) is 0. The first-order valence-electron chi connectivity index (χ1n) is 8.18. The number of nitrogens with two attached hydrogens (primary N) is 1. The van der Waals surface area contributed by atoms with Gasteiger partial charge in [0, 0.05) is 42.7 Å². The lowest BCUT2D eigenvalue weighted by atomic mass is 9.77. The van der Waals surface area contributed by atoms with Crippen molar-refractivity contribution < 1.29 is 13.2 Å². The molecule has 0 amide bonds. The first kappa shape index (κ1) is 15.7. The summed E-state index contributed by atoms with van der Waals surface area (Å²) in [5, 5.41) is 7.03. The number of hydrogen-bond acceptors (Lipinski definition) is 3. The van der Waals surface area contributed by atoms with Crippen LogP contribution in [-0.2, 0) is 13.1 Å². The summed E-state index contributed by atoms with van der Waals surface area (Å²) in [6, 6.07) is 1.61. The zero-order valence-corrected chi connectivity index (χ0v) is 13.1. The summed E-state index contributed by atoms with van der Waals surface area (Å²) in [5.74, 6) is -3.18. The quantitative estimate of drug-likeness (QED) is 0.829. The van der Waals surface area contributed by atoms with Gasteiger partial charge >= 0.3 is 0 Å². The van der Waals surface area contributed by atoms with Crippen LogP contribution >= 0.6 is 0 Å². The number of nitrogens with zero attached hydrogens (tertiary/aromatic N) is 2. The maximum Gasteiger partial charge on any atom is 0.161 e. The van der Waals surface area contributed by atoms with Crippen LogP contribution in [0.25, 0.3) is 0 Å². The van der Waals surface area contributed by atoms with Crippen molar-refractivity contribution in [2.45, 2.75) is 50.4 Å². The Hall–Kier alpha value is -1.86. The molecule has 1 fully saturated rings. The van der Waals surface area contributed by atoms with Gasteiger partial charge in [0.05, 0.1) is 11.9 Å². The Bertz CT molecular complexity index is 740. The predicted octanol–water partition coefficient (Wildman–Crippen LogP) is 2.81. The molecule has 0 unspecified atom stereocenters. The molecule has 1 aliphatic carbocycles. The Kier molecular flexibility index (Phi) is 3.85. The van der Waals surface area contributed by atoms with Gasteiger partial charge in [-0.2, -0.15) is 5.10 Å². The molecule has 7 heteroatoms. The lowest BCUT2D eigenvalue weighted by molar-refractivity contribution is 0.136. The molecule has 1 saturated carbocycles. The van der Waals surface area contributed by atoms with Gasteiger partial charge in [-0.05, 0) is 30.9 Å². The third-order valence-electron chi connectivity index (χ3n) is 5.37. The van der Waals surface area contributed by atoms with E-state index in [-0.39, 0.29) is 17.5 Å². The number of H-pyrrole nitrogens is 1. The van der Waals surface area contributed by atoms with Gasteiger partial charge in [-0.1, -0.05) is 0 Å². The van der Waals surface area contributed by atoms with Crippen LogP contribution in [0.2, 0.25) is 0 Å². The summed E-state index contributed by atoms with van der Waals surface area (Å²) in [5.41, 5.74) is 8.81. The lowest BCUT2D eigenvalue weighted by Crippen LogP contribution is -2.44. The topological polar surface area (TPSA) is 57.9 Å². The molecule has 2 heterocycles. The van der Waals surface area contributed by atoms with Crippen molar-refractivity contribution in [3.63, 3.8) is 0 Å². The van der Waals surface area contributed by atoms with Crippen molar-refractivity contribution in [2.24, 2.45) is 5.73 Å². The summed E-state index contributed by atoms with van der Waals surface area (Å²) >= 11 is 0. The minimum absolute atomic E-state index is 0.190. The summed E-state index contributed by atoms with van der Waals surface area (Å²) < 4.78 is 40.6. The van der Waals surface area contributed by atoms with Crippen LogP contribution in [-0.4, -0.2) is 27.2 Å². The molecule has 0 saturated heterocycles. The summed E-state index contributed by atoms with van der Waals surface area (Å²) in [6.45, 7) is 1.66. The van der Waals surface area contributed by atoms with Crippen molar-refractivity contribution in [1.82, 2.24) is 15.1 Å². The second kappa shape index (κ2) is 5.89. The fourth-order valence-electron chi connectivity index (χ4n) is 4.07. The largest absolute Gasteiger partial charge is 0.327 e. The van der Waals surface area contributed by atoms with Crippen molar-refractivity contribution in [2.75, 3.05) is 0 Å². The van der Waals surface area contributed by atoms with Gasteiger partial charge < -0.3 is 5.73 Å². The minimum atomic E-state index is -1.16. The molecule has 0 radical (unpaired) electrons. The molecular weight excluding hydrogens is 317 g/mol. The number of hydrogen-bond donors (Lipinski definition) is 2. The van der Waals surface area contributed by atoms with Gasteiger partial charge in [-0.3, -0.25) is 10.00 Å². The lowest BCUT2D eigenvalue weighted by Gasteiger charge is -2.38. The van der Waals surface area contributed by atoms with E-state index in [2.05, 4.69) is 15.1 Å². The number of fused-ring (bicyclic) bond motifs is 1. The molecule has 1 aliphatic heterocycles. The predicted molar refractivity (Wildman–Crippen MR) is 82.5 cm³/mol. The van der Waals surface area contributed by atoms with E-state index in [1.165, 1.54) is 5.56 Å². The smallest absolute Gasteiger partial charge is 0.161 e. The summed E-state index contributed by atoms with van der Waals surface area (Å²) in [4.78, 5) is 2.35. The first-order valence-corrected chi connectivity index (χ1v) is 8.18. The van der Waals surface area contributed by atoms with Crippen LogP contribution < -0.4 is 5.73 Å². The third kappa shape index (κ3) is 2.61. The van der Waals surface area contributed by atoms with Crippen molar-refractivity contribution in [1.29, 1.82) is 0 Å². The van der Waals surface area contributed by atoms with Crippen LogP contribution in [0.3, 0.4) is 0 Å². The maximum atomic E-state index is 14.0. The molecule has 3 N–H and O–H groups in total. The molecule has 4 rings (SSSR count). The zero-order valence-electron chi connectivity index (χ0n) is 13.1. The molecule has 2 aromatic rings. The number of rotatable bonds is 2. The van der Waals surface area contributed by atoms with Gasteiger partial charge in [0.1, 0.15) is 5.82 Å². The monoisotopic (exact) mass is 336 g/mol. The number of halogens is 3. The van der Waals surface area contributed by atoms with Gasteiger partial charge in [-0.15, -0.1) is 0 Å². The Morgan fingerprint density at radius 1 is 1.08 bits per heavy atom. The van der Waals surface area contributed by atoms with Crippen molar-refractivity contribution in [3.05, 3.63) is 52.6 Å². The molecule has 0 spiro atoms. The van der Waals surface area contributed by atoms with E-state index in [9.17, 15) is 13.2 Å². The molecule has 24 heavy (non-hydrogen) atoms.